The zero-order valence-electron chi connectivity index (χ0n) is 10.5. The fourth-order valence-corrected chi connectivity index (χ4v) is 2.46. The van der Waals surface area contributed by atoms with Crippen LogP contribution in [0.4, 0.5) is 0 Å². The Balaban J connectivity index is 1.95. The van der Waals surface area contributed by atoms with Gasteiger partial charge in [0.15, 0.2) is 0 Å². The molecule has 0 spiro atoms. The largest absolute Gasteiger partial charge is 0.493 e. The first kappa shape index (κ1) is 11.3. The number of ether oxygens (including phenoxy) is 1. The van der Waals surface area contributed by atoms with E-state index in [4.69, 9.17) is 10.5 Å². The normalized spacial score (nSPS) is 15.0. The predicted octanol–water partition coefficient (Wildman–Crippen LogP) is 2.98. The number of hydrogen-bond acceptors (Lipinski definition) is 2. The second-order valence-corrected chi connectivity index (χ2v) is 4.86. The van der Waals surface area contributed by atoms with Crippen LogP contribution in [-0.2, 0) is 6.42 Å². The van der Waals surface area contributed by atoms with Gasteiger partial charge in [0, 0.05) is 6.42 Å². The molecule has 1 atom stereocenters. The third-order valence-corrected chi connectivity index (χ3v) is 3.47. The maximum Gasteiger partial charge on any atom is 0.122 e. The van der Waals surface area contributed by atoms with Gasteiger partial charge < -0.3 is 10.5 Å². The Morgan fingerprint density at radius 2 is 1.94 bits per heavy atom. The molecule has 0 aromatic heterocycles. The van der Waals surface area contributed by atoms with E-state index in [2.05, 4.69) is 43.3 Å². The van der Waals surface area contributed by atoms with Gasteiger partial charge in [-0.05, 0) is 29.7 Å². The number of benzene rings is 2. The number of hydrogen-bond donors (Lipinski definition) is 1. The third kappa shape index (κ3) is 2.00. The van der Waals surface area contributed by atoms with Crippen LogP contribution in [0.5, 0.6) is 5.75 Å². The summed E-state index contributed by atoms with van der Waals surface area (Å²) in [7, 11) is 0. The molecular formula is C16H17NO. The molecule has 0 fully saturated rings. The summed E-state index contributed by atoms with van der Waals surface area (Å²) in [6.45, 7) is 2.88. The van der Waals surface area contributed by atoms with E-state index >= 15 is 0 Å². The highest BCUT2D eigenvalue weighted by Gasteiger charge is 2.15. The van der Waals surface area contributed by atoms with Gasteiger partial charge in [-0.1, -0.05) is 42.0 Å². The van der Waals surface area contributed by atoms with Crippen LogP contribution in [-0.4, -0.2) is 6.61 Å². The minimum absolute atomic E-state index is 0.0594. The second kappa shape index (κ2) is 4.46. The van der Waals surface area contributed by atoms with E-state index in [9.17, 15) is 0 Å². The first-order valence-corrected chi connectivity index (χ1v) is 6.32. The van der Waals surface area contributed by atoms with Crippen molar-refractivity contribution in [2.45, 2.75) is 19.4 Å². The number of rotatable bonds is 2. The molecule has 1 heterocycles. The van der Waals surface area contributed by atoms with E-state index < -0.39 is 0 Å². The zero-order chi connectivity index (χ0) is 12.5. The Morgan fingerprint density at radius 3 is 2.78 bits per heavy atom. The molecule has 1 aliphatic rings. The molecule has 0 saturated heterocycles. The number of nitrogens with two attached hydrogens (primary N) is 1. The highest BCUT2D eigenvalue weighted by Crippen LogP contribution is 2.29. The molecule has 2 aromatic rings. The summed E-state index contributed by atoms with van der Waals surface area (Å²) in [5.74, 6) is 1.01. The molecule has 2 nitrogen and oxygen atoms in total. The van der Waals surface area contributed by atoms with Gasteiger partial charge in [0.2, 0.25) is 0 Å². The molecule has 0 aliphatic carbocycles. The molecule has 1 unspecified atom stereocenters. The molecule has 2 aromatic carbocycles. The van der Waals surface area contributed by atoms with Gasteiger partial charge in [-0.2, -0.15) is 0 Å². The van der Waals surface area contributed by atoms with Crippen molar-refractivity contribution in [1.82, 2.24) is 0 Å². The molecule has 0 radical (unpaired) electrons. The van der Waals surface area contributed by atoms with E-state index in [1.807, 2.05) is 6.07 Å². The maximum absolute atomic E-state index is 6.34. The van der Waals surface area contributed by atoms with Crippen molar-refractivity contribution in [3.63, 3.8) is 0 Å². The molecule has 1 aliphatic heterocycles. The summed E-state index contributed by atoms with van der Waals surface area (Å²) in [6, 6.07) is 14.6. The molecule has 2 heteroatoms. The second-order valence-electron chi connectivity index (χ2n) is 4.86. The van der Waals surface area contributed by atoms with Gasteiger partial charge in [0.05, 0.1) is 12.6 Å². The fourth-order valence-electron chi connectivity index (χ4n) is 2.46. The average Bonchev–Trinajstić information content (AvgIpc) is 2.85. The van der Waals surface area contributed by atoms with E-state index in [1.54, 1.807) is 0 Å². The lowest BCUT2D eigenvalue weighted by Gasteiger charge is -2.14. The van der Waals surface area contributed by atoms with Crippen molar-refractivity contribution >= 4 is 0 Å². The molecule has 92 valence electrons. The van der Waals surface area contributed by atoms with E-state index in [0.717, 1.165) is 29.9 Å². The molecule has 18 heavy (non-hydrogen) atoms. The molecule has 2 N–H and O–H groups in total. The van der Waals surface area contributed by atoms with Crippen LogP contribution >= 0.6 is 0 Å². The minimum Gasteiger partial charge on any atom is -0.493 e. The van der Waals surface area contributed by atoms with E-state index in [-0.39, 0.29) is 6.04 Å². The zero-order valence-corrected chi connectivity index (χ0v) is 10.5. The highest BCUT2D eigenvalue weighted by atomic mass is 16.5. The summed E-state index contributed by atoms with van der Waals surface area (Å²) in [5.41, 5.74) is 11.2. The van der Waals surface area contributed by atoms with Gasteiger partial charge >= 0.3 is 0 Å². The van der Waals surface area contributed by atoms with Crippen LogP contribution < -0.4 is 10.5 Å². The van der Waals surface area contributed by atoms with Crippen LogP contribution in [0.3, 0.4) is 0 Å². The Hall–Kier alpha value is -1.80. The molecule has 0 amide bonds. The summed E-state index contributed by atoms with van der Waals surface area (Å²) in [5, 5.41) is 0. The first-order valence-electron chi connectivity index (χ1n) is 6.32. The Kier molecular flexibility index (Phi) is 2.80. The van der Waals surface area contributed by atoms with Crippen LogP contribution in [0.1, 0.15) is 28.3 Å². The lowest BCUT2D eigenvalue weighted by molar-refractivity contribution is 0.357. The predicted molar refractivity (Wildman–Crippen MR) is 72.9 cm³/mol. The monoisotopic (exact) mass is 239 g/mol. The van der Waals surface area contributed by atoms with Crippen LogP contribution in [0, 0.1) is 6.92 Å². The number of aryl methyl sites for hydroxylation is 1. The SMILES string of the molecule is Cc1cccc(C(N)c2ccc3c(c2)CCO3)c1. The van der Waals surface area contributed by atoms with E-state index in [1.165, 1.54) is 11.1 Å². The molecular weight excluding hydrogens is 222 g/mol. The van der Waals surface area contributed by atoms with Gasteiger partial charge in [-0.15, -0.1) is 0 Å². The van der Waals surface area contributed by atoms with Crippen molar-refractivity contribution in [2.24, 2.45) is 5.73 Å². The smallest absolute Gasteiger partial charge is 0.122 e. The van der Waals surface area contributed by atoms with Crippen molar-refractivity contribution in [1.29, 1.82) is 0 Å². The van der Waals surface area contributed by atoms with Crippen molar-refractivity contribution in [2.75, 3.05) is 6.61 Å². The molecule has 0 bridgehead atoms. The minimum atomic E-state index is -0.0594. The van der Waals surface area contributed by atoms with Gasteiger partial charge in [0.25, 0.3) is 0 Å². The van der Waals surface area contributed by atoms with Crippen LogP contribution in [0.15, 0.2) is 42.5 Å². The Morgan fingerprint density at radius 1 is 1.11 bits per heavy atom. The third-order valence-electron chi connectivity index (χ3n) is 3.47. The van der Waals surface area contributed by atoms with Gasteiger partial charge in [-0.25, -0.2) is 0 Å². The topological polar surface area (TPSA) is 35.2 Å². The lowest BCUT2D eigenvalue weighted by atomic mass is 9.96. The Bertz CT molecular complexity index is 577. The van der Waals surface area contributed by atoms with Gasteiger partial charge in [0.1, 0.15) is 5.75 Å². The summed E-state index contributed by atoms with van der Waals surface area (Å²) >= 11 is 0. The maximum atomic E-state index is 6.34. The Labute approximate surface area is 107 Å². The van der Waals surface area contributed by atoms with Crippen molar-refractivity contribution in [3.8, 4) is 5.75 Å². The summed E-state index contributed by atoms with van der Waals surface area (Å²) < 4.78 is 5.52. The van der Waals surface area contributed by atoms with Gasteiger partial charge in [-0.3, -0.25) is 0 Å². The average molecular weight is 239 g/mol. The van der Waals surface area contributed by atoms with Crippen LogP contribution in [0.25, 0.3) is 0 Å². The molecule has 3 rings (SSSR count). The lowest BCUT2D eigenvalue weighted by Crippen LogP contribution is -2.12. The highest BCUT2D eigenvalue weighted by molar-refractivity contribution is 5.43. The first-order chi connectivity index (χ1) is 8.74. The summed E-state index contributed by atoms with van der Waals surface area (Å²) in [4.78, 5) is 0. The van der Waals surface area contributed by atoms with Crippen molar-refractivity contribution in [3.05, 3.63) is 64.7 Å². The quantitative estimate of drug-likeness (QED) is 0.874. The summed E-state index contributed by atoms with van der Waals surface area (Å²) in [6.07, 6.45) is 0.990. The molecule has 0 saturated carbocycles. The van der Waals surface area contributed by atoms with Crippen LogP contribution in [0.2, 0.25) is 0 Å². The van der Waals surface area contributed by atoms with E-state index in [0.29, 0.717) is 0 Å². The fraction of sp³-hybridized carbons (Fsp3) is 0.250. The van der Waals surface area contributed by atoms with Crippen molar-refractivity contribution < 1.29 is 4.74 Å². The standard InChI is InChI=1S/C16H17NO/c1-11-3-2-4-13(9-11)16(17)14-5-6-15-12(10-14)7-8-18-15/h2-6,9-10,16H,7-8,17H2,1H3. The number of fused-ring (bicyclic) bond motifs is 1.